The Hall–Kier alpha value is -1.36. The Morgan fingerprint density at radius 2 is 1.83 bits per heavy atom. The van der Waals surface area contributed by atoms with Crippen LogP contribution in [0.4, 0.5) is 20.2 Å². The van der Waals surface area contributed by atoms with Crippen molar-refractivity contribution in [2.45, 2.75) is 32.8 Å². The second-order valence-corrected chi connectivity index (χ2v) is 4.41. The number of anilines is 2. The second kappa shape index (κ2) is 7.16. The third-order valence-corrected chi connectivity index (χ3v) is 2.39. The Bertz CT molecular complexity index is 360. The lowest BCUT2D eigenvalue weighted by Crippen LogP contribution is -2.09. The van der Waals surface area contributed by atoms with Crippen LogP contribution in [0.15, 0.2) is 12.1 Å². The number of benzene rings is 1. The van der Waals surface area contributed by atoms with Crippen molar-refractivity contribution in [1.82, 2.24) is 0 Å². The molecule has 5 heteroatoms. The minimum Gasteiger partial charge on any atom is -0.399 e. The van der Waals surface area contributed by atoms with Crippen molar-refractivity contribution >= 4 is 11.4 Å². The Morgan fingerprint density at radius 3 is 2.39 bits per heavy atom. The van der Waals surface area contributed by atoms with E-state index in [1.165, 1.54) is 0 Å². The summed E-state index contributed by atoms with van der Waals surface area (Å²) in [5.74, 6) is -1.32. The molecule has 0 saturated heterocycles. The first-order valence-corrected chi connectivity index (χ1v) is 6.10. The Balaban J connectivity index is 2.31. The van der Waals surface area contributed by atoms with E-state index in [4.69, 9.17) is 10.5 Å². The molecule has 0 spiro atoms. The molecule has 0 fully saturated rings. The first-order chi connectivity index (χ1) is 8.50. The van der Waals surface area contributed by atoms with E-state index in [0.29, 0.717) is 13.2 Å². The lowest BCUT2D eigenvalue weighted by molar-refractivity contribution is 0.0765. The maximum atomic E-state index is 13.4. The first-order valence-electron chi connectivity index (χ1n) is 6.10. The number of halogens is 2. The van der Waals surface area contributed by atoms with Crippen molar-refractivity contribution in [2.75, 3.05) is 24.2 Å². The fourth-order valence-electron chi connectivity index (χ4n) is 1.52. The summed E-state index contributed by atoms with van der Waals surface area (Å²) >= 11 is 0. The minimum atomic E-state index is -0.661. The van der Waals surface area contributed by atoms with Crippen LogP contribution >= 0.6 is 0 Å². The van der Waals surface area contributed by atoms with Crippen LogP contribution in [0.3, 0.4) is 0 Å². The molecule has 0 aromatic heterocycles. The molecule has 1 aromatic carbocycles. The molecule has 18 heavy (non-hydrogen) atoms. The van der Waals surface area contributed by atoms with Crippen LogP contribution in [0, 0.1) is 11.6 Å². The van der Waals surface area contributed by atoms with Crippen LogP contribution < -0.4 is 11.1 Å². The summed E-state index contributed by atoms with van der Waals surface area (Å²) in [4.78, 5) is 0. The molecular formula is C13H20F2N2O. The SMILES string of the molecule is CC(C)OCCCCNc1c(F)cc(N)cc1F. The van der Waals surface area contributed by atoms with Gasteiger partial charge in [0.25, 0.3) is 0 Å². The summed E-state index contributed by atoms with van der Waals surface area (Å²) in [6.45, 7) is 5.10. The van der Waals surface area contributed by atoms with Crippen molar-refractivity contribution in [3.05, 3.63) is 23.8 Å². The van der Waals surface area contributed by atoms with Gasteiger partial charge in [-0.25, -0.2) is 8.78 Å². The maximum Gasteiger partial charge on any atom is 0.151 e. The van der Waals surface area contributed by atoms with Gasteiger partial charge in [-0.1, -0.05) is 0 Å². The van der Waals surface area contributed by atoms with Crippen molar-refractivity contribution in [3.63, 3.8) is 0 Å². The number of nitrogen functional groups attached to an aromatic ring is 1. The molecule has 0 atom stereocenters. The van der Waals surface area contributed by atoms with Crippen molar-refractivity contribution in [1.29, 1.82) is 0 Å². The molecule has 3 N–H and O–H groups in total. The van der Waals surface area contributed by atoms with Gasteiger partial charge in [0.15, 0.2) is 11.6 Å². The normalized spacial score (nSPS) is 10.9. The zero-order valence-electron chi connectivity index (χ0n) is 10.8. The van der Waals surface area contributed by atoms with Gasteiger partial charge < -0.3 is 15.8 Å². The van der Waals surface area contributed by atoms with Crippen LogP contribution in [0.2, 0.25) is 0 Å². The third kappa shape index (κ3) is 4.87. The summed E-state index contributed by atoms with van der Waals surface area (Å²) in [6.07, 6.45) is 1.85. The number of unbranched alkanes of at least 4 members (excludes halogenated alkanes) is 1. The summed E-state index contributed by atoms with van der Waals surface area (Å²) < 4.78 is 32.1. The summed E-state index contributed by atoms with van der Waals surface area (Å²) in [5, 5.41) is 2.74. The lowest BCUT2D eigenvalue weighted by Gasteiger charge is -2.10. The van der Waals surface area contributed by atoms with Gasteiger partial charge in [0.05, 0.1) is 6.10 Å². The van der Waals surface area contributed by atoms with Crippen molar-refractivity contribution < 1.29 is 13.5 Å². The number of nitrogens with one attached hydrogen (secondary N) is 1. The standard InChI is InChI=1S/C13H20F2N2O/c1-9(2)18-6-4-3-5-17-13-11(14)7-10(16)8-12(13)15/h7-9,17H,3-6,16H2,1-2H3. The van der Waals surface area contributed by atoms with E-state index < -0.39 is 11.6 Å². The van der Waals surface area contributed by atoms with Gasteiger partial charge in [0.2, 0.25) is 0 Å². The highest BCUT2D eigenvalue weighted by Gasteiger charge is 2.09. The first kappa shape index (κ1) is 14.7. The molecular weight excluding hydrogens is 238 g/mol. The average Bonchev–Trinajstić information content (AvgIpc) is 2.25. The highest BCUT2D eigenvalue weighted by molar-refractivity contribution is 5.53. The van der Waals surface area contributed by atoms with E-state index in [9.17, 15) is 8.78 Å². The van der Waals surface area contributed by atoms with Gasteiger partial charge in [-0.05, 0) is 38.8 Å². The van der Waals surface area contributed by atoms with Crippen LogP contribution in [0.5, 0.6) is 0 Å². The van der Waals surface area contributed by atoms with Crippen LogP contribution in [-0.4, -0.2) is 19.3 Å². The van der Waals surface area contributed by atoms with Gasteiger partial charge in [-0.2, -0.15) is 0 Å². The highest BCUT2D eigenvalue weighted by Crippen LogP contribution is 2.21. The number of ether oxygens (including phenoxy) is 1. The number of nitrogens with two attached hydrogens (primary N) is 1. The summed E-state index contributed by atoms with van der Waals surface area (Å²) in [7, 11) is 0. The Morgan fingerprint density at radius 1 is 1.22 bits per heavy atom. The Kier molecular flexibility index (Phi) is 5.85. The zero-order valence-corrected chi connectivity index (χ0v) is 10.8. The van der Waals surface area contributed by atoms with Gasteiger partial charge in [0.1, 0.15) is 5.69 Å². The number of hydrogen-bond donors (Lipinski definition) is 2. The predicted octanol–water partition coefficient (Wildman–Crippen LogP) is 3.16. The molecule has 1 rings (SSSR count). The molecule has 0 unspecified atom stereocenters. The number of rotatable bonds is 7. The molecule has 102 valence electrons. The number of hydrogen-bond acceptors (Lipinski definition) is 3. The third-order valence-electron chi connectivity index (χ3n) is 2.39. The lowest BCUT2D eigenvalue weighted by atomic mass is 10.2. The summed E-state index contributed by atoms with van der Waals surface area (Å²) in [6, 6.07) is 2.21. The van der Waals surface area contributed by atoms with Gasteiger partial charge in [0, 0.05) is 18.8 Å². The van der Waals surface area contributed by atoms with Crippen molar-refractivity contribution in [3.8, 4) is 0 Å². The van der Waals surface area contributed by atoms with Crippen LogP contribution in [-0.2, 0) is 4.74 Å². The minimum absolute atomic E-state index is 0.0842. The molecule has 0 aliphatic heterocycles. The van der Waals surface area contributed by atoms with E-state index in [1.54, 1.807) is 0 Å². The average molecular weight is 258 g/mol. The van der Waals surface area contributed by atoms with E-state index in [2.05, 4.69) is 5.32 Å². The monoisotopic (exact) mass is 258 g/mol. The molecule has 3 nitrogen and oxygen atoms in total. The van der Waals surface area contributed by atoms with E-state index in [0.717, 1.165) is 25.0 Å². The molecule has 1 aromatic rings. The zero-order chi connectivity index (χ0) is 13.5. The second-order valence-electron chi connectivity index (χ2n) is 4.41. The van der Waals surface area contributed by atoms with Gasteiger partial charge in [-0.3, -0.25) is 0 Å². The van der Waals surface area contributed by atoms with E-state index in [1.807, 2.05) is 13.8 Å². The molecule has 0 radical (unpaired) electrons. The molecule has 0 amide bonds. The summed E-state index contributed by atoms with van der Waals surface area (Å²) in [5.41, 5.74) is 5.29. The fraction of sp³-hybridized carbons (Fsp3) is 0.538. The molecule has 0 aliphatic carbocycles. The van der Waals surface area contributed by atoms with Gasteiger partial charge in [-0.15, -0.1) is 0 Å². The molecule has 0 bridgehead atoms. The largest absolute Gasteiger partial charge is 0.399 e. The van der Waals surface area contributed by atoms with Gasteiger partial charge >= 0.3 is 0 Å². The predicted molar refractivity (Wildman–Crippen MR) is 69.6 cm³/mol. The smallest absolute Gasteiger partial charge is 0.151 e. The Labute approximate surface area is 106 Å². The van der Waals surface area contributed by atoms with Crippen LogP contribution in [0.1, 0.15) is 26.7 Å². The molecule has 0 heterocycles. The van der Waals surface area contributed by atoms with Crippen molar-refractivity contribution in [2.24, 2.45) is 0 Å². The highest BCUT2D eigenvalue weighted by atomic mass is 19.1. The molecule has 0 aliphatic rings. The molecule has 0 saturated carbocycles. The quantitative estimate of drug-likeness (QED) is 0.583. The van der Waals surface area contributed by atoms with Crippen LogP contribution in [0.25, 0.3) is 0 Å². The van der Waals surface area contributed by atoms with E-state index >= 15 is 0 Å². The van der Waals surface area contributed by atoms with E-state index in [-0.39, 0.29) is 17.5 Å². The fourth-order valence-corrected chi connectivity index (χ4v) is 1.52. The maximum absolute atomic E-state index is 13.4. The topological polar surface area (TPSA) is 47.3 Å².